The summed E-state index contributed by atoms with van der Waals surface area (Å²) in [6.07, 6.45) is 12.0. The quantitative estimate of drug-likeness (QED) is 0.458. The van der Waals surface area contributed by atoms with E-state index in [0.29, 0.717) is 0 Å². The number of allylic oxidation sites excluding steroid dienone is 6. The van der Waals surface area contributed by atoms with Crippen molar-refractivity contribution in [3.8, 4) is 0 Å². The molecule has 0 saturated heterocycles. The Kier molecular flexibility index (Phi) is 0.892. The molecule has 56 valence electrons. The first kappa shape index (κ1) is 5.82. The fourth-order valence-corrected chi connectivity index (χ4v) is 2.85. The third kappa shape index (κ3) is 0.563. The van der Waals surface area contributed by atoms with Gasteiger partial charge in [0.15, 0.2) is 0 Å². The Morgan fingerprint density at radius 3 is 2.64 bits per heavy atom. The number of rotatable bonds is 0. The average Bonchev–Trinajstić information content (AvgIpc) is 2.53. The van der Waals surface area contributed by atoms with Crippen molar-refractivity contribution >= 4 is 0 Å². The van der Waals surface area contributed by atoms with Gasteiger partial charge in [-0.15, -0.1) is 0 Å². The zero-order valence-electron chi connectivity index (χ0n) is 6.70. The van der Waals surface area contributed by atoms with Crippen LogP contribution in [0.4, 0.5) is 0 Å². The van der Waals surface area contributed by atoms with E-state index in [4.69, 9.17) is 0 Å². The second-order valence-corrected chi connectivity index (χ2v) is 3.94. The summed E-state index contributed by atoms with van der Waals surface area (Å²) >= 11 is 0. The van der Waals surface area contributed by atoms with Crippen molar-refractivity contribution in [2.75, 3.05) is 0 Å². The molecule has 0 heterocycles. The van der Waals surface area contributed by atoms with Gasteiger partial charge >= 0.3 is 0 Å². The summed E-state index contributed by atoms with van der Waals surface area (Å²) in [5.74, 6) is 3.19. The molecule has 3 aliphatic carbocycles. The maximum atomic E-state index is 2.44. The predicted octanol–water partition coefficient (Wildman–Crippen LogP) is 2.55. The largest absolute Gasteiger partial charge is 0.0807 e. The van der Waals surface area contributed by atoms with Crippen molar-refractivity contribution in [2.45, 2.75) is 6.92 Å². The minimum atomic E-state index is 0.763. The highest BCUT2D eigenvalue weighted by Crippen LogP contribution is 2.50. The monoisotopic (exact) mass is 144 g/mol. The summed E-state index contributed by atoms with van der Waals surface area (Å²) in [5.41, 5.74) is 1.59. The normalized spacial score (nSPS) is 50.1. The summed E-state index contributed by atoms with van der Waals surface area (Å²) in [7, 11) is 0. The molecule has 0 saturated carbocycles. The molecule has 0 radical (unpaired) electrons. The molecule has 0 heteroatoms. The Hall–Kier alpha value is -0.780. The van der Waals surface area contributed by atoms with Gasteiger partial charge in [-0.2, -0.15) is 0 Å². The van der Waals surface area contributed by atoms with Gasteiger partial charge in [-0.25, -0.2) is 0 Å². The molecule has 3 aliphatic rings. The van der Waals surface area contributed by atoms with Crippen LogP contribution in [-0.4, -0.2) is 0 Å². The minimum absolute atomic E-state index is 0.763. The summed E-state index contributed by atoms with van der Waals surface area (Å²) in [5, 5.41) is 0. The van der Waals surface area contributed by atoms with Gasteiger partial charge in [0.2, 0.25) is 0 Å². The first-order valence-corrected chi connectivity index (χ1v) is 4.41. The molecule has 0 fully saturated rings. The van der Waals surface area contributed by atoms with Crippen LogP contribution in [0.2, 0.25) is 0 Å². The van der Waals surface area contributed by atoms with E-state index in [1.165, 1.54) is 0 Å². The van der Waals surface area contributed by atoms with Crippen molar-refractivity contribution < 1.29 is 0 Å². The Morgan fingerprint density at radius 1 is 1.00 bits per heavy atom. The smallest absolute Gasteiger partial charge is 0.00199 e. The van der Waals surface area contributed by atoms with E-state index in [-0.39, 0.29) is 0 Å². The van der Waals surface area contributed by atoms with Gasteiger partial charge < -0.3 is 0 Å². The average molecular weight is 144 g/mol. The molecule has 11 heavy (non-hydrogen) atoms. The van der Waals surface area contributed by atoms with Crippen LogP contribution >= 0.6 is 0 Å². The highest BCUT2D eigenvalue weighted by molar-refractivity contribution is 5.36. The van der Waals surface area contributed by atoms with Crippen LogP contribution in [0.25, 0.3) is 0 Å². The molecule has 0 N–H and O–H groups in total. The van der Waals surface area contributed by atoms with Gasteiger partial charge in [0.25, 0.3) is 0 Å². The van der Waals surface area contributed by atoms with Gasteiger partial charge in [0.05, 0.1) is 0 Å². The van der Waals surface area contributed by atoms with E-state index in [0.717, 1.165) is 23.7 Å². The van der Waals surface area contributed by atoms with Crippen LogP contribution in [0.3, 0.4) is 0 Å². The molecule has 3 rings (SSSR count). The lowest BCUT2D eigenvalue weighted by atomic mass is 9.87. The molecule has 0 bridgehead atoms. The Morgan fingerprint density at radius 2 is 1.73 bits per heavy atom. The summed E-state index contributed by atoms with van der Waals surface area (Å²) < 4.78 is 0. The maximum absolute atomic E-state index is 2.44. The zero-order chi connectivity index (χ0) is 7.42. The van der Waals surface area contributed by atoms with E-state index < -0.39 is 0 Å². The first-order chi connectivity index (χ1) is 5.36. The van der Waals surface area contributed by atoms with Crippen molar-refractivity contribution in [1.82, 2.24) is 0 Å². The van der Waals surface area contributed by atoms with Crippen molar-refractivity contribution in [3.63, 3.8) is 0 Å². The highest BCUT2D eigenvalue weighted by atomic mass is 14.5. The third-order valence-electron chi connectivity index (χ3n) is 3.38. The lowest BCUT2D eigenvalue weighted by Crippen LogP contribution is -2.11. The fraction of sp³-hybridized carbons (Fsp3) is 0.455. The minimum Gasteiger partial charge on any atom is -0.0807 e. The Bertz CT molecular complexity index is 280. The number of hydrogen-bond acceptors (Lipinski definition) is 0. The van der Waals surface area contributed by atoms with Crippen LogP contribution < -0.4 is 0 Å². The number of hydrogen-bond donors (Lipinski definition) is 0. The van der Waals surface area contributed by atoms with Crippen LogP contribution in [-0.2, 0) is 0 Å². The second kappa shape index (κ2) is 1.69. The molecule has 0 aliphatic heterocycles. The lowest BCUT2D eigenvalue weighted by Gasteiger charge is -2.15. The molecular weight excluding hydrogens is 132 g/mol. The van der Waals surface area contributed by atoms with Crippen LogP contribution in [0.5, 0.6) is 0 Å². The van der Waals surface area contributed by atoms with Crippen LogP contribution in [0, 0.1) is 23.7 Å². The third-order valence-corrected chi connectivity index (χ3v) is 3.38. The van der Waals surface area contributed by atoms with Crippen molar-refractivity contribution in [1.29, 1.82) is 0 Å². The van der Waals surface area contributed by atoms with Gasteiger partial charge in [-0.3, -0.25) is 0 Å². The summed E-state index contributed by atoms with van der Waals surface area (Å²) in [4.78, 5) is 0. The fourth-order valence-electron chi connectivity index (χ4n) is 2.85. The molecule has 0 amide bonds. The lowest BCUT2D eigenvalue weighted by molar-refractivity contribution is 0.412. The molecule has 0 aromatic rings. The van der Waals surface area contributed by atoms with Crippen LogP contribution in [0.15, 0.2) is 36.0 Å². The molecule has 0 spiro atoms. The molecule has 4 atom stereocenters. The van der Waals surface area contributed by atoms with Crippen molar-refractivity contribution in [2.24, 2.45) is 23.7 Å². The zero-order valence-corrected chi connectivity index (χ0v) is 6.70. The van der Waals surface area contributed by atoms with E-state index in [9.17, 15) is 0 Å². The highest BCUT2D eigenvalue weighted by Gasteiger charge is 2.42. The molecular formula is C11H12. The van der Waals surface area contributed by atoms with Crippen LogP contribution in [0.1, 0.15) is 6.92 Å². The topological polar surface area (TPSA) is 0 Å². The molecule has 0 aromatic heterocycles. The Labute approximate surface area is 67.3 Å². The van der Waals surface area contributed by atoms with Gasteiger partial charge in [-0.05, 0) is 24.7 Å². The SMILES string of the molecule is CC1=C[C@@H]2C=C[C@H]3C=C[C@H]1[C@@H]32. The predicted molar refractivity (Wildman–Crippen MR) is 46.0 cm³/mol. The van der Waals surface area contributed by atoms with E-state index in [2.05, 4.69) is 37.3 Å². The standard InChI is InChI=1S/C11H12/c1-7-6-9-3-2-8-4-5-10(7)11(8)9/h2-6,8-11H,1H3/t8-,9-,10+,11-/m0/s1. The van der Waals surface area contributed by atoms with E-state index in [1.54, 1.807) is 5.57 Å². The van der Waals surface area contributed by atoms with Gasteiger partial charge in [-0.1, -0.05) is 36.0 Å². The summed E-state index contributed by atoms with van der Waals surface area (Å²) in [6, 6.07) is 0. The molecule has 0 aromatic carbocycles. The second-order valence-electron chi connectivity index (χ2n) is 3.94. The summed E-state index contributed by atoms with van der Waals surface area (Å²) in [6.45, 7) is 2.27. The molecule has 0 unspecified atom stereocenters. The van der Waals surface area contributed by atoms with Crippen molar-refractivity contribution in [3.05, 3.63) is 36.0 Å². The van der Waals surface area contributed by atoms with Gasteiger partial charge in [0, 0.05) is 5.92 Å². The van der Waals surface area contributed by atoms with Gasteiger partial charge in [0.1, 0.15) is 0 Å². The Balaban J connectivity index is 2.13. The first-order valence-electron chi connectivity index (χ1n) is 4.41. The molecule has 0 nitrogen and oxygen atoms in total. The van der Waals surface area contributed by atoms with E-state index in [1.807, 2.05) is 0 Å². The maximum Gasteiger partial charge on any atom is 0.00199 e. The van der Waals surface area contributed by atoms with E-state index >= 15 is 0 Å².